The third kappa shape index (κ3) is 22.0. The van der Waals surface area contributed by atoms with Gasteiger partial charge in [-0.2, -0.15) is 0 Å². The van der Waals surface area contributed by atoms with Crippen molar-refractivity contribution in [1.29, 1.82) is 0 Å². The van der Waals surface area contributed by atoms with E-state index in [1.165, 1.54) is 44.9 Å². The summed E-state index contributed by atoms with van der Waals surface area (Å²) < 4.78 is 33.4. The van der Waals surface area contributed by atoms with Gasteiger partial charge in [-0.05, 0) is 32.1 Å². The molecule has 2 aliphatic heterocycles. The van der Waals surface area contributed by atoms with Crippen molar-refractivity contribution in [3.63, 3.8) is 0 Å². The number of carbonyl (C=O) groups is 2. The number of aliphatic hydroxyl groups excluding tert-OH is 7. The number of carbonyl (C=O) groups excluding carboxylic acids is 2. The van der Waals surface area contributed by atoms with Gasteiger partial charge < -0.3 is 64.2 Å². The minimum Gasteiger partial charge on any atom is -0.462 e. The van der Waals surface area contributed by atoms with E-state index in [0.29, 0.717) is 12.8 Å². The summed E-state index contributed by atoms with van der Waals surface area (Å²) in [6.07, 6.45) is 15.9. The van der Waals surface area contributed by atoms with Crippen molar-refractivity contribution >= 4 is 11.9 Å². The maximum atomic E-state index is 12.9. The summed E-state index contributed by atoms with van der Waals surface area (Å²) in [6, 6.07) is 0. The first kappa shape index (κ1) is 53.6. The van der Waals surface area contributed by atoms with Gasteiger partial charge >= 0.3 is 11.9 Å². The Morgan fingerprint density at radius 2 is 1.05 bits per heavy atom. The Morgan fingerprint density at radius 1 is 0.550 bits per heavy atom. The second kappa shape index (κ2) is 33.1. The van der Waals surface area contributed by atoms with Crippen LogP contribution >= 0.6 is 0 Å². The van der Waals surface area contributed by atoms with Gasteiger partial charge in [-0.15, -0.1) is 0 Å². The van der Waals surface area contributed by atoms with Crippen molar-refractivity contribution in [3.8, 4) is 0 Å². The fraction of sp³-hybridized carbons (Fsp3) is 0.778. The Labute approximate surface area is 357 Å². The molecule has 0 saturated carbocycles. The minimum atomic E-state index is -1.77. The first-order valence-corrected chi connectivity index (χ1v) is 22.3. The van der Waals surface area contributed by atoms with E-state index in [9.17, 15) is 45.3 Å². The third-order valence-corrected chi connectivity index (χ3v) is 10.4. The van der Waals surface area contributed by atoms with Crippen molar-refractivity contribution in [1.82, 2.24) is 0 Å². The summed E-state index contributed by atoms with van der Waals surface area (Å²) in [4.78, 5) is 25.5. The van der Waals surface area contributed by atoms with E-state index < -0.39 is 99.3 Å². The molecule has 11 atom stereocenters. The molecule has 0 amide bonds. The molecule has 0 radical (unpaired) electrons. The minimum absolute atomic E-state index is 0.119. The highest BCUT2D eigenvalue weighted by molar-refractivity contribution is 5.70. The Bertz CT molecular complexity index is 1240. The van der Waals surface area contributed by atoms with E-state index in [2.05, 4.69) is 26.0 Å². The largest absolute Gasteiger partial charge is 0.462 e. The van der Waals surface area contributed by atoms with E-state index in [4.69, 9.17) is 28.4 Å². The van der Waals surface area contributed by atoms with Crippen LogP contribution in [0.1, 0.15) is 129 Å². The zero-order chi connectivity index (χ0) is 44.0. The van der Waals surface area contributed by atoms with Crippen molar-refractivity contribution in [2.45, 2.75) is 197 Å². The maximum absolute atomic E-state index is 12.9. The summed E-state index contributed by atoms with van der Waals surface area (Å²) in [5.41, 5.74) is 0. The number of aliphatic hydroxyl groups is 7. The van der Waals surface area contributed by atoms with Gasteiger partial charge in [0, 0.05) is 12.8 Å². The zero-order valence-corrected chi connectivity index (χ0v) is 35.9. The van der Waals surface area contributed by atoms with E-state index in [1.54, 1.807) is 0 Å². The van der Waals surface area contributed by atoms with Gasteiger partial charge in [-0.1, -0.05) is 133 Å². The highest BCUT2D eigenvalue weighted by Crippen LogP contribution is 2.26. The molecule has 0 aliphatic carbocycles. The van der Waals surface area contributed by atoms with Gasteiger partial charge in [0.1, 0.15) is 55.4 Å². The molecule has 0 bridgehead atoms. The Hall–Kier alpha value is -2.54. The van der Waals surface area contributed by atoms with E-state index >= 15 is 0 Å². The van der Waals surface area contributed by atoms with Gasteiger partial charge in [-0.3, -0.25) is 9.59 Å². The van der Waals surface area contributed by atoms with Gasteiger partial charge in [-0.25, -0.2) is 0 Å². The number of hydrogen-bond acceptors (Lipinski definition) is 15. The molecule has 5 unspecified atom stereocenters. The van der Waals surface area contributed by atoms with Crippen LogP contribution in [0.15, 0.2) is 48.6 Å². The second-order valence-electron chi connectivity index (χ2n) is 15.6. The lowest BCUT2D eigenvalue weighted by atomic mass is 9.98. The second-order valence-corrected chi connectivity index (χ2v) is 15.6. The van der Waals surface area contributed by atoms with Gasteiger partial charge in [0.15, 0.2) is 18.7 Å². The molecule has 2 aliphatic rings. The third-order valence-electron chi connectivity index (χ3n) is 10.4. The van der Waals surface area contributed by atoms with E-state index in [1.807, 2.05) is 36.5 Å². The predicted octanol–water partition coefficient (Wildman–Crippen LogP) is 4.37. The number of ether oxygens (including phenoxy) is 6. The van der Waals surface area contributed by atoms with Crippen molar-refractivity contribution < 1.29 is 73.8 Å². The van der Waals surface area contributed by atoms with Crippen LogP contribution in [0.3, 0.4) is 0 Å². The van der Waals surface area contributed by atoms with Crippen LogP contribution in [-0.4, -0.2) is 142 Å². The van der Waals surface area contributed by atoms with E-state index in [0.717, 1.165) is 44.9 Å². The molecule has 0 spiro atoms. The standard InChI is InChI=1S/C45H76O15/c1-3-5-7-9-11-13-15-16-18-20-22-24-26-28-37(48)58-33(30-55-36(47)27-25-23-21-19-17-14-12-10-8-6-4-2)31-56-44-43(54)41(52)39(50)35(60-44)32-57-45-42(53)40(51)38(49)34(29-46)59-45/h5,7,9,11,13,15-16,18,33-35,38-46,49-54H,3-4,6,8,10,12,14,17,19-32H2,1-2H3/b7-5+,11-9+,15-13+,18-16+/t33?,34-,35-,38+,39+,40?,41?,42?,43?,44-,45-/m1/s1. The quantitative estimate of drug-likeness (QED) is 0.0283. The van der Waals surface area contributed by atoms with Crippen molar-refractivity contribution in [2.24, 2.45) is 0 Å². The summed E-state index contributed by atoms with van der Waals surface area (Å²) in [5.74, 6) is -0.976. The van der Waals surface area contributed by atoms with Crippen molar-refractivity contribution in [3.05, 3.63) is 48.6 Å². The summed E-state index contributed by atoms with van der Waals surface area (Å²) in [6.45, 7) is 2.36. The monoisotopic (exact) mass is 857 g/mol. The van der Waals surface area contributed by atoms with Gasteiger partial charge in [0.25, 0.3) is 0 Å². The Kier molecular flexibility index (Phi) is 29.5. The average molecular weight is 857 g/mol. The molecule has 2 saturated heterocycles. The Morgan fingerprint density at radius 3 is 1.65 bits per heavy atom. The van der Waals surface area contributed by atoms with Crippen LogP contribution in [0.5, 0.6) is 0 Å². The maximum Gasteiger partial charge on any atom is 0.306 e. The van der Waals surface area contributed by atoms with Gasteiger partial charge in [0.2, 0.25) is 0 Å². The lowest BCUT2D eigenvalue weighted by molar-refractivity contribution is -0.332. The summed E-state index contributed by atoms with van der Waals surface area (Å²) in [5, 5.41) is 71.8. The summed E-state index contributed by atoms with van der Waals surface area (Å²) in [7, 11) is 0. The fourth-order valence-corrected chi connectivity index (χ4v) is 6.70. The molecule has 60 heavy (non-hydrogen) atoms. The van der Waals surface area contributed by atoms with Crippen LogP contribution in [0.4, 0.5) is 0 Å². The SMILES string of the molecule is CC/C=C/C=C/C=C/C=C/CCCCCC(=O)OC(COC(=O)CCCCCCCCCCCCC)CO[C@@H]1O[C@H](CO[C@@H]2O[C@H](CO)[C@H](O)C(O)C2O)[C@H](O)C(O)C1O. The molecule has 2 rings (SSSR count). The molecule has 0 aromatic carbocycles. The molecule has 15 heteroatoms. The Balaban J connectivity index is 1.89. The smallest absolute Gasteiger partial charge is 0.306 e. The van der Waals surface area contributed by atoms with Crippen LogP contribution in [0.2, 0.25) is 0 Å². The topological polar surface area (TPSA) is 231 Å². The zero-order valence-electron chi connectivity index (χ0n) is 35.9. The van der Waals surface area contributed by atoms with Crippen molar-refractivity contribution in [2.75, 3.05) is 26.4 Å². The number of unbranched alkanes of at least 4 members (excludes halogenated alkanes) is 13. The number of allylic oxidation sites excluding steroid dienone is 8. The highest BCUT2D eigenvalue weighted by atomic mass is 16.7. The molecule has 2 heterocycles. The molecular weight excluding hydrogens is 780 g/mol. The molecule has 0 aromatic heterocycles. The van der Waals surface area contributed by atoms with Gasteiger partial charge in [0.05, 0.1) is 19.8 Å². The molecule has 346 valence electrons. The normalized spacial score (nSPS) is 28.0. The predicted molar refractivity (Wildman–Crippen MR) is 224 cm³/mol. The number of rotatable bonds is 32. The average Bonchev–Trinajstić information content (AvgIpc) is 3.24. The summed E-state index contributed by atoms with van der Waals surface area (Å²) >= 11 is 0. The molecule has 0 aromatic rings. The fourth-order valence-electron chi connectivity index (χ4n) is 6.70. The molecule has 2 fully saturated rings. The first-order valence-electron chi connectivity index (χ1n) is 22.3. The molecule has 15 nitrogen and oxygen atoms in total. The van der Waals surface area contributed by atoms with Crippen LogP contribution in [0.25, 0.3) is 0 Å². The number of hydrogen-bond donors (Lipinski definition) is 7. The number of esters is 2. The van der Waals surface area contributed by atoms with E-state index in [-0.39, 0.29) is 19.4 Å². The van der Waals surface area contributed by atoms with Crippen LogP contribution < -0.4 is 0 Å². The lowest BCUT2D eigenvalue weighted by Crippen LogP contribution is -2.61. The highest BCUT2D eigenvalue weighted by Gasteiger charge is 2.47. The van der Waals surface area contributed by atoms with Crippen LogP contribution in [0, 0.1) is 0 Å². The lowest BCUT2D eigenvalue weighted by Gasteiger charge is -2.42. The van der Waals surface area contributed by atoms with Crippen LogP contribution in [-0.2, 0) is 38.0 Å². The molecular formula is C45H76O15. The first-order chi connectivity index (χ1) is 29.0. The molecule has 7 N–H and O–H groups in total.